The molecule has 0 spiro atoms. The summed E-state index contributed by atoms with van der Waals surface area (Å²) in [4.78, 5) is 24.4. The first kappa shape index (κ1) is 20.8. The maximum Gasteiger partial charge on any atom is 0.324 e. The molecule has 0 bridgehead atoms. The smallest absolute Gasteiger partial charge is 0.324 e. The standard InChI is InChI=1S/C22H27N3O4/c1-28-22(27)20-11-6-12-25(24-20)21(26)19(23)14-17-9-5-10-18(13-17)29-15-16-7-3-2-4-8-16/h2-5,7-10,13,19-20,24H,6,11-12,14-15,23H2,1H3/t19?,20-/m0/s1. The van der Waals surface area contributed by atoms with Crippen LogP contribution >= 0.6 is 0 Å². The second kappa shape index (κ2) is 10.0. The Morgan fingerprint density at radius 2 is 1.93 bits per heavy atom. The van der Waals surface area contributed by atoms with Crippen molar-refractivity contribution in [2.45, 2.75) is 38.0 Å². The maximum atomic E-state index is 12.7. The zero-order chi connectivity index (χ0) is 20.6. The van der Waals surface area contributed by atoms with Crippen molar-refractivity contribution < 1.29 is 19.1 Å². The number of hydrazine groups is 1. The summed E-state index contributed by atoms with van der Waals surface area (Å²) in [5.74, 6) is 0.112. The van der Waals surface area contributed by atoms with Gasteiger partial charge in [0.15, 0.2) is 0 Å². The fraction of sp³-hybridized carbons (Fsp3) is 0.364. The van der Waals surface area contributed by atoms with Gasteiger partial charge in [0, 0.05) is 6.54 Å². The Labute approximate surface area is 170 Å². The normalized spacial score (nSPS) is 17.4. The number of carbonyl (C=O) groups excluding carboxylic acids is 2. The van der Waals surface area contributed by atoms with Crippen molar-refractivity contribution in [2.75, 3.05) is 13.7 Å². The Kier molecular flexibility index (Phi) is 7.21. The molecule has 1 unspecified atom stereocenters. The van der Waals surface area contributed by atoms with Crippen molar-refractivity contribution in [3.8, 4) is 5.75 Å². The van der Waals surface area contributed by atoms with Gasteiger partial charge < -0.3 is 15.2 Å². The summed E-state index contributed by atoms with van der Waals surface area (Å²) in [5.41, 5.74) is 11.1. The largest absolute Gasteiger partial charge is 0.489 e. The molecule has 0 radical (unpaired) electrons. The second-order valence-electron chi connectivity index (χ2n) is 7.07. The quantitative estimate of drug-likeness (QED) is 0.692. The summed E-state index contributed by atoms with van der Waals surface area (Å²) in [6, 6.07) is 16.3. The number of benzene rings is 2. The fourth-order valence-corrected chi connectivity index (χ4v) is 3.30. The Hall–Kier alpha value is -2.90. The number of carbonyl (C=O) groups is 2. The number of hydrogen-bond acceptors (Lipinski definition) is 6. The number of esters is 1. The van der Waals surface area contributed by atoms with Gasteiger partial charge in [0.25, 0.3) is 5.91 Å². The molecule has 154 valence electrons. The molecule has 2 aromatic rings. The highest BCUT2D eigenvalue weighted by molar-refractivity contribution is 5.83. The number of nitrogens with zero attached hydrogens (tertiary/aromatic N) is 1. The molecule has 0 saturated carbocycles. The monoisotopic (exact) mass is 397 g/mol. The van der Waals surface area contributed by atoms with Gasteiger partial charge in [-0.05, 0) is 42.5 Å². The molecule has 0 aromatic heterocycles. The highest BCUT2D eigenvalue weighted by atomic mass is 16.5. The molecular formula is C22H27N3O4. The van der Waals surface area contributed by atoms with Crippen LogP contribution < -0.4 is 15.9 Å². The van der Waals surface area contributed by atoms with Crippen LogP contribution in [0.3, 0.4) is 0 Å². The summed E-state index contributed by atoms with van der Waals surface area (Å²) in [7, 11) is 1.34. The number of methoxy groups -OCH3 is 1. The second-order valence-corrected chi connectivity index (χ2v) is 7.07. The van der Waals surface area contributed by atoms with Gasteiger partial charge in [0.05, 0.1) is 13.2 Å². The molecule has 0 aliphatic carbocycles. The van der Waals surface area contributed by atoms with Crippen LogP contribution in [0.1, 0.15) is 24.0 Å². The minimum Gasteiger partial charge on any atom is -0.489 e. The molecule has 2 aromatic carbocycles. The van der Waals surface area contributed by atoms with Crippen LogP contribution in [-0.2, 0) is 27.4 Å². The van der Waals surface area contributed by atoms with E-state index in [1.54, 1.807) is 0 Å². The van der Waals surface area contributed by atoms with Crippen molar-refractivity contribution in [3.05, 3.63) is 65.7 Å². The predicted molar refractivity (Wildman–Crippen MR) is 109 cm³/mol. The van der Waals surface area contributed by atoms with E-state index in [2.05, 4.69) is 5.43 Å². The number of ether oxygens (including phenoxy) is 2. The Morgan fingerprint density at radius 1 is 1.17 bits per heavy atom. The molecule has 3 rings (SSSR count). The summed E-state index contributed by atoms with van der Waals surface area (Å²) in [6.07, 6.45) is 1.73. The Bertz CT molecular complexity index is 828. The number of rotatable bonds is 7. The first-order chi connectivity index (χ1) is 14.1. The zero-order valence-electron chi connectivity index (χ0n) is 16.5. The van der Waals surface area contributed by atoms with Crippen LogP contribution in [0.2, 0.25) is 0 Å². The third-order valence-corrected chi connectivity index (χ3v) is 4.86. The van der Waals surface area contributed by atoms with Gasteiger partial charge in [-0.15, -0.1) is 0 Å². The number of amides is 1. The van der Waals surface area contributed by atoms with Crippen molar-refractivity contribution in [3.63, 3.8) is 0 Å². The Morgan fingerprint density at radius 3 is 2.69 bits per heavy atom. The minimum atomic E-state index is -0.719. The third-order valence-electron chi connectivity index (χ3n) is 4.86. The summed E-state index contributed by atoms with van der Waals surface area (Å²) < 4.78 is 10.6. The molecule has 1 aliphatic heterocycles. The van der Waals surface area contributed by atoms with E-state index in [1.165, 1.54) is 12.1 Å². The van der Waals surface area contributed by atoms with Gasteiger partial charge in [0.2, 0.25) is 0 Å². The number of nitrogens with one attached hydrogen (secondary N) is 1. The van der Waals surface area contributed by atoms with Crippen molar-refractivity contribution in [1.29, 1.82) is 0 Å². The van der Waals surface area contributed by atoms with Crippen LogP contribution in [-0.4, -0.2) is 42.6 Å². The molecule has 1 saturated heterocycles. The molecule has 1 heterocycles. The lowest BCUT2D eigenvalue weighted by atomic mass is 10.0. The molecular weight excluding hydrogens is 370 g/mol. The molecule has 7 heteroatoms. The van der Waals surface area contributed by atoms with Crippen LogP contribution in [0.4, 0.5) is 0 Å². The molecule has 2 atom stereocenters. The molecule has 7 nitrogen and oxygen atoms in total. The number of nitrogens with two attached hydrogens (primary N) is 1. The molecule has 1 aliphatic rings. The van der Waals surface area contributed by atoms with Gasteiger partial charge in [-0.1, -0.05) is 42.5 Å². The van der Waals surface area contributed by atoms with Crippen LogP contribution in [0.15, 0.2) is 54.6 Å². The topological polar surface area (TPSA) is 93.9 Å². The number of hydrogen-bond donors (Lipinski definition) is 2. The van der Waals surface area contributed by atoms with E-state index < -0.39 is 12.1 Å². The van der Waals surface area contributed by atoms with Crippen LogP contribution in [0, 0.1) is 0 Å². The lowest BCUT2D eigenvalue weighted by Gasteiger charge is -2.33. The molecule has 3 N–H and O–H groups in total. The first-order valence-electron chi connectivity index (χ1n) is 9.73. The van der Waals surface area contributed by atoms with Crippen molar-refractivity contribution >= 4 is 11.9 Å². The summed E-state index contributed by atoms with van der Waals surface area (Å²) in [6.45, 7) is 0.988. The SMILES string of the molecule is COC(=O)[C@@H]1CCCN(C(=O)C(N)Cc2cccc(OCc3ccccc3)c2)N1. The van der Waals surface area contributed by atoms with Gasteiger partial charge in [-0.25, -0.2) is 5.43 Å². The highest BCUT2D eigenvalue weighted by Gasteiger charge is 2.30. The third kappa shape index (κ3) is 5.79. The highest BCUT2D eigenvalue weighted by Crippen LogP contribution is 2.17. The average Bonchev–Trinajstić information content (AvgIpc) is 2.77. The summed E-state index contributed by atoms with van der Waals surface area (Å²) in [5, 5.41) is 1.44. The van der Waals surface area contributed by atoms with Gasteiger partial charge in [-0.3, -0.25) is 14.6 Å². The van der Waals surface area contributed by atoms with E-state index in [9.17, 15) is 9.59 Å². The predicted octanol–water partition coefficient (Wildman–Crippen LogP) is 1.80. The van der Waals surface area contributed by atoms with E-state index in [1.807, 2.05) is 54.6 Å². The fourth-order valence-electron chi connectivity index (χ4n) is 3.30. The average molecular weight is 397 g/mol. The van der Waals surface area contributed by atoms with E-state index in [0.717, 1.165) is 16.9 Å². The minimum absolute atomic E-state index is 0.241. The molecule has 1 amide bonds. The zero-order valence-corrected chi connectivity index (χ0v) is 16.5. The molecule has 1 fully saturated rings. The van der Waals surface area contributed by atoms with E-state index >= 15 is 0 Å². The van der Waals surface area contributed by atoms with Crippen molar-refractivity contribution in [2.24, 2.45) is 5.73 Å². The van der Waals surface area contributed by atoms with Crippen LogP contribution in [0.25, 0.3) is 0 Å². The van der Waals surface area contributed by atoms with E-state index in [0.29, 0.717) is 32.4 Å². The first-order valence-corrected chi connectivity index (χ1v) is 9.73. The van der Waals surface area contributed by atoms with Gasteiger partial charge in [-0.2, -0.15) is 0 Å². The molecule has 29 heavy (non-hydrogen) atoms. The lowest BCUT2D eigenvalue weighted by Crippen LogP contribution is -2.59. The van der Waals surface area contributed by atoms with E-state index in [-0.39, 0.29) is 11.9 Å². The Balaban J connectivity index is 1.56. The van der Waals surface area contributed by atoms with E-state index in [4.69, 9.17) is 15.2 Å². The van der Waals surface area contributed by atoms with Gasteiger partial charge >= 0.3 is 5.97 Å². The van der Waals surface area contributed by atoms with Crippen LogP contribution in [0.5, 0.6) is 5.75 Å². The summed E-state index contributed by atoms with van der Waals surface area (Å²) >= 11 is 0. The van der Waals surface area contributed by atoms with Crippen molar-refractivity contribution in [1.82, 2.24) is 10.4 Å². The van der Waals surface area contributed by atoms with Gasteiger partial charge in [0.1, 0.15) is 18.4 Å². The lowest BCUT2D eigenvalue weighted by molar-refractivity contribution is -0.149. The maximum absolute atomic E-state index is 12.7.